The molecule has 0 spiro atoms. The zero-order valence-electron chi connectivity index (χ0n) is 11.0. The second kappa shape index (κ2) is 5.06. The van der Waals surface area contributed by atoms with Gasteiger partial charge in [0, 0.05) is 22.7 Å². The quantitative estimate of drug-likeness (QED) is 0.736. The number of H-pyrrole nitrogens is 1. The lowest BCUT2D eigenvalue weighted by atomic mass is 10.1. The summed E-state index contributed by atoms with van der Waals surface area (Å²) in [5.41, 5.74) is 1.45. The summed E-state index contributed by atoms with van der Waals surface area (Å²) in [6.07, 6.45) is 0. The van der Waals surface area contributed by atoms with Crippen molar-refractivity contribution in [1.82, 2.24) is 14.6 Å². The fourth-order valence-electron chi connectivity index (χ4n) is 1.97. The van der Waals surface area contributed by atoms with Crippen molar-refractivity contribution in [2.75, 3.05) is 7.11 Å². The molecule has 0 fully saturated rings. The first kappa shape index (κ1) is 13.4. The van der Waals surface area contributed by atoms with Gasteiger partial charge in [-0.3, -0.25) is 9.89 Å². The Morgan fingerprint density at radius 2 is 2.00 bits per heavy atom. The smallest absolute Gasteiger partial charge is 0.356 e. The molecular weight excluding hydrogens is 294 g/mol. The third-order valence-electron chi connectivity index (χ3n) is 3.00. The number of esters is 1. The highest BCUT2D eigenvalue weighted by Gasteiger charge is 2.12. The fraction of sp³-hybridized carbons (Fsp3) is 0.0714. The first-order valence-corrected chi connectivity index (χ1v) is 6.43. The van der Waals surface area contributed by atoms with Crippen LogP contribution in [0.3, 0.4) is 0 Å². The van der Waals surface area contributed by atoms with Gasteiger partial charge in [-0.15, -0.1) is 0 Å². The number of rotatable bonds is 2. The number of benzene rings is 1. The molecule has 0 unspecified atom stereocenters. The highest BCUT2D eigenvalue weighted by Crippen LogP contribution is 2.19. The van der Waals surface area contributed by atoms with E-state index in [1.807, 2.05) is 0 Å². The van der Waals surface area contributed by atoms with E-state index < -0.39 is 5.97 Å². The molecule has 0 bridgehead atoms. The van der Waals surface area contributed by atoms with E-state index in [1.54, 1.807) is 24.3 Å². The normalized spacial score (nSPS) is 10.8. The minimum absolute atomic E-state index is 0.162. The SMILES string of the molecule is COC(=O)c1cc2nc(-c3ccc(Cl)cc3)cc(=O)n2[nH]1. The van der Waals surface area contributed by atoms with Gasteiger partial charge in [0.15, 0.2) is 5.65 Å². The molecule has 2 heterocycles. The lowest BCUT2D eigenvalue weighted by Gasteiger charge is -2.01. The van der Waals surface area contributed by atoms with Crippen LogP contribution in [0.5, 0.6) is 0 Å². The van der Waals surface area contributed by atoms with Crippen molar-refractivity contribution in [3.8, 4) is 11.3 Å². The molecule has 1 N–H and O–H groups in total. The molecule has 0 saturated heterocycles. The Bertz CT molecular complexity index is 881. The topological polar surface area (TPSA) is 76.5 Å². The van der Waals surface area contributed by atoms with Crippen molar-refractivity contribution >= 4 is 23.2 Å². The van der Waals surface area contributed by atoms with Gasteiger partial charge in [-0.2, -0.15) is 0 Å². The second-order valence-corrected chi connectivity index (χ2v) is 4.78. The number of carbonyl (C=O) groups is 1. The molecule has 3 rings (SSSR count). The number of ether oxygens (including phenoxy) is 1. The van der Waals surface area contributed by atoms with Crippen molar-refractivity contribution in [3.05, 3.63) is 57.5 Å². The van der Waals surface area contributed by atoms with Crippen molar-refractivity contribution in [1.29, 1.82) is 0 Å². The van der Waals surface area contributed by atoms with Gasteiger partial charge >= 0.3 is 5.97 Å². The van der Waals surface area contributed by atoms with Crippen LogP contribution in [0, 0.1) is 0 Å². The van der Waals surface area contributed by atoms with Gasteiger partial charge in [-0.05, 0) is 12.1 Å². The number of nitrogens with zero attached hydrogens (tertiary/aromatic N) is 2. The van der Waals surface area contributed by atoms with E-state index in [0.29, 0.717) is 16.4 Å². The summed E-state index contributed by atoms with van der Waals surface area (Å²) in [6.45, 7) is 0. The van der Waals surface area contributed by atoms with Crippen LogP contribution in [-0.2, 0) is 4.74 Å². The Morgan fingerprint density at radius 3 is 2.67 bits per heavy atom. The first-order chi connectivity index (χ1) is 10.1. The van der Waals surface area contributed by atoms with Crippen LogP contribution in [0.1, 0.15) is 10.5 Å². The van der Waals surface area contributed by atoms with E-state index in [2.05, 4.69) is 14.8 Å². The summed E-state index contributed by atoms with van der Waals surface area (Å²) in [6, 6.07) is 9.83. The summed E-state index contributed by atoms with van der Waals surface area (Å²) >= 11 is 5.84. The molecule has 6 nitrogen and oxygen atoms in total. The molecule has 1 aromatic carbocycles. The third-order valence-corrected chi connectivity index (χ3v) is 3.25. The molecule has 0 radical (unpaired) electrons. The van der Waals surface area contributed by atoms with E-state index in [-0.39, 0.29) is 11.3 Å². The average Bonchev–Trinajstić information content (AvgIpc) is 2.92. The van der Waals surface area contributed by atoms with Gasteiger partial charge in [0.2, 0.25) is 0 Å². The molecular formula is C14H10ClN3O3. The molecule has 0 aliphatic rings. The van der Waals surface area contributed by atoms with Gasteiger partial charge in [0.25, 0.3) is 5.56 Å². The zero-order valence-corrected chi connectivity index (χ0v) is 11.7. The average molecular weight is 304 g/mol. The van der Waals surface area contributed by atoms with E-state index in [1.165, 1.54) is 23.8 Å². The zero-order chi connectivity index (χ0) is 15.0. The summed E-state index contributed by atoms with van der Waals surface area (Å²) in [7, 11) is 1.27. The molecule has 106 valence electrons. The maximum Gasteiger partial charge on any atom is 0.356 e. The molecule has 0 amide bonds. The molecule has 0 saturated carbocycles. The Kier molecular flexibility index (Phi) is 3.23. The number of halogens is 1. The summed E-state index contributed by atoms with van der Waals surface area (Å²) < 4.78 is 5.79. The Morgan fingerprint density at radius 1 is 1.29 bits per heavy atom. The van der Waals surface area contributed by atoms with Crippen molar-refractivity contribution in [2.45, 2.75) is 0 Å². The predicted molar refractivity (Wildman–Crippen MR) is 77.6 cm³/mol. The lowest BCUT2D eigenvalue weighted by Crippen LogP contribution is -2.15. The molecule has 2 aromatic heterocycles. The summed E-state index contributed by atoms with van der Waals surface area (Å²) in [4.78, 5) is 27.9. The van der Waals surface area contributed by atoms with E-state index >= 15 is 0 Å². The first-order valence-electron chi connectivity index (χ1n) is 6.05. The predicted octanol–water partition coefficient (Wildman–Crippen LogP) is 2.13. The highest BCUT2D eigenvalue weighted by molar-refractivity contribution is 6.30. The highest BCUT2D eigenvalue weighted by atomic mass is 35.5. The molecule has 0 aliphatic heterocycles. The van der Waals surface area contributed by atoms with Crippen LogP contribution in [0.2, 0.25) is 5.02 Å². The van der Waals surface area contributed by atoms with Gasteiger partial charge in [0.1, 0.15) is 5.69 Å². The van der Waals surface area contributed by atoms with Crippen molar-refractivity contribution in [3.63, 3.8) is 0 Å². The van der Waals surface area contributed by atoms with Crippen molar-refractivity contribution < 1.29 is 9.53 Å². The van der Waals surface area contributed by atoms with E-state index in [0.717, 1.165) is 5.56 Å². The third kappa shape index (κ3) is 2.41. The van der Waals surface area contributed by atoms with E-state index in [9.17, 15) is 9.59 Å². The maximum atomic E-state index is 12.1. The summed E-state index contributed by atoms with van der Waals surface area (Å²) in [5, 5.41) is 3.25. The summed E-state index contributed by atoms with van der Waals surface area (Å²) in [5.74, 6) is -0.562. The number of nitrogens with one attached hydrogen (secondary N) is 1. The van der Waals surface area contributed by atoms with Gasteiger partial charge in [0.05, 0.1) is 12.8 Å². The maximum absolute atomic E-state index is 12.1. The number of carbonyl (C=O) groups excluding carboxylic acids is 1. The molecule has 21 heavy (non-hydrogen) atoms. The van der Waals surface area contributed by atoms with Crippen LogP contribution in [0.4, 0.5) is 0 Å². The molecule has 7 heteroatoms. The number of hydrogen-bond acceptors (Lipinski definition) is 4. The Hall–Kier alpha value is -2.60. The Labute approximate surface area is 123 Å². The van der Waals surface area contributed by atoms with Crippen LogP contribution in [0.25, 0.3) is 16.9 Å². The van der Waals surface area contributed by atoms with Gasteiger partial charge in [-0.25, -0.2) is 14.3 Å². The number of aromatic nitrogens is 3. The Balaban J connectivity index is 2.16. The lowest BCUT2D eigenvalue weighted by molar-refractivity contribution is 0.0593. The molecule has 0 atom stereocenters. The minimum Gasteiger partial charge on any atom is -0.464 e. The van der Waals surface area contributed by atoms with E-state index in [4.69, 9.17) is 11.6 Å². The van der Waals surface area contributed by atoms with Crippen molar-refractivity contribution in [2.24, 2.45) is 0 Å². The van der Waals surface area contributed by atoms with Crippen LogP contribution < -0.4 is 5.56 Å². The monoisotopic (exact) mass is 303 g/mol. The number of fused-ring (bicyclic) bond motifs is 1. The number of aromatic amines is 1. The van der Waals surface area contributed by atoms with Gasteiger partial charge in [-0.1, -0.05) is 23.7 Å². The standard InChI is InChI=1S/C14H10ClN3O3/c1-21-14(20)11-6-12-16-10(7-13(19)18(12)17-11)8-2-4-9(15)5-3-8/h2-7,17H,1H3. The number of methoxy groups -OCH3 is 1. The second-order valence-electron chi connectivity index (χ2n) is 4.34. The van der Waals surface area contributed by atoms with Crippen LogP contribution in [-0.4, -0.2) is 27.7 Å². The number of hydrogen-bond donors (Lipinski definition) is 1. The van der Waals surface area contributed by atoms with Crippen LogP contribution in [0.15, 0.2) is 41.2 Å². The minimum atomic E-state index is -0.562. The fourth-order valence-corrected chi connectivity index (χ4v) is 2.10. The molecule has 3 aromatic rings. The largest absolute Gasteiger partial charge is 0.464 e. The van der Waals surface area contributed by atoms with Crippen LogP contribution >= 0.6 is 11.6 Å². The molecule has 0 aliphatic carbocycles. The van der Waals surface area contributed by atoms with Gasteiger partial charge < -0.3 is 4.74 Å².